The molecule has 0 aliphatic carbocycles. The Morgan fingerprint density at radius 1 is 0.912 bits per heavy atom. The third-order valence-corrected chi connectivity index (χ3v) is 4.87. The van der Waals surface area contributed by atoms with E-state index in [0.717, 1.165) is 24.3 Å². The summed E-state index contributed by atoms with van der Waals surface area (Å²) < 4.78 is 80.8. The lowest BCUT2D eigenvalue weighted by molar-refractivity contribution is -0.274. The van der Waals surface area contributed by atoms with Gasteiger partial charge in [0.25, 0.3) is 5.91 Å². The molecule has 0 aliphatic rings. The summed E-state index contributed by atoms with van der Waals surface area (Å²) in [4.78, 5) is 22.3. The molecule has 2 aromatic carbocycles. The molecule has 0 aliphatic heterocycles. The standard InChI is InChI=1S/C22H14F6N4O2/c1-31(20(33)14-4-8-16(9-5-14)34-22(26,27)28)19-12-32-17(10-29-18(32)11-30-19)13-2-6-15(7-3-13)21(23,24)25/h2-12H,1H3. The minimum Gasteiger partial charge on any atom is -0.406 e. The second-order valence-corrected chi connectivity index (χ2v) is 7.13. The van der Waals surface area contributed by atoms with Gasteiger partial charge in [0.05, 0.1) is 29.8 Å². The Labute approximate surface area is 188 Å². The predicted octanol–water partition coefficient (Wildman–Crippen LogP) is 5.59. The Bertz CT molecular complexity index is 1330. The second-order valence-electron chi connectivity index (χ2n) is 7.13. The average molecular weight is 480 g/mol. The highest BCUT2D eigenvalue weighted by Gasteiger charge is 2.31. The minimum absolute atomic E-state index is 0.0903. The summed E-state index contributed by atoms with van der Waals surface area (Å²) in [5.41, 5.74) is 0.638. The number of hydrogen-bond donors (Lipinski definition) is 0. The van der Waals surface area contributed by atoms with Crippen LogP contribution in [0.4, 0.5) is 32.2 Å². The number of nitrogens with zero attached hydrogens (tertiary/aromatic N) is 4. The number of aromatic nitrogens is 3. The molecule has 34 heavy (non-hydrogen) atoms. The maximum Gasteiger partial charge on any atom is 0.573 e. The first-order valence-corrected chi connectivity index (χ1v) is 9.57. The number of amides is 1. The van der Waals surface area contributed by atoms with Crippen LogP contribution in [0, 0.1) is 0 Å². The molecule has 0 saturated carbocycles. The van der Waals surface area contributed by atoms with E-state index in [9.17, 15) is 31.1 Å². The van der Waals surface area contributed by atoms with E-state index in [0.29, 0.717) is 16.9 Å². The van der Waals surface area contributed by atoms with E-state index in [4.69, 9.17) is 0 Å². The molecule has 4 rings (SSSR count). The van der Waals surface area contributed by atoms with Crippen molar-refractivity contribution in [3.63, 3.8) is 0 Å². The Hall–Kier alpha value is -4.09. The second kappa shape index (κ2) is 8.36. The van der Waals surface area contributed by atoms with Gasteiger partial charge in [0, 0.05) is 18.2 Å². The van der Waals surface area contributed by atoms with Gasteiger partial charge in [-0.25, -0.2) is 9.97 Å². The maximum absolute atomic E-state index is 12.8. The SMILES string of the molecule is CN(C(=O)c1ccc(OC(F)(F)F)cc1)c1cn2c(-c3ccc(C(F)(F)F)cc3)cnc2cn1. The van der Waals surface area contributed by atoms with Gasteiger partial charge in [0.2, 0.25) is 0 Å². The minimum atomic E-state index is -4.85. The lowest BCUT2D eigenvalue weighted by Crippen LogP contribution is -2.27. The number of anilines is 1. The van der Waals surface area contributed by atoms with Gasteiger partial charge in [-0.3, -0.25) is 14.1 Å². The molecule has 6 nitrogen and oxygen atoms in total. The van der Waals surface area contributed by atoms with Crippen molar-refractivity contribution in [1.29, 1.82) is 0 Å². The molecule has 0 radical (unpaired) electrons. The van der Waals surface area contributed by atoms with Gasteiger partial charge in [-0.2, -0.15) is 13.2 Å². The van der Waals surface area contributed by atoms with E-state index in [1.807, 2.05) is 0 Å². The monoisotopic (exact) mass is 480 g/mol. The quantitative estimate of drug-likeness (QED) is 0.358. The summed E-state index contributed by atoms with van der Waals surface area (Å²) in [6, 6.07) is 8.94. The van der Waals surface area contributed by atoms with Gasteiger partial charge < -0.3 is 4.74 Å². The largest absolute Gasteiger partial charge is 0.573 e. The van der Waals surface area contributed by atoms with Crippen molar-refractivity contribution in [2.75, 3.05) is 11.9 Å². The first-order valence-electron chi connectivity index (χ1n) is 9.57. The summed E-state index contributed by atoms with van der Waals surface area (Å²) in [5, 5.41) is 0. The van der Waals surface area contributed by atoms with Crippen LogP contribution >= 0.6 is 0 Å². The number of carbonyl (C=O) groups excluding carboxylic acids is 1. The molecule has 0 saturated heterocycles. The number of hydrogen-bond acceptors (Lipinski definition) is 4. The van der Waals surface area contributed by atoms with Crippen LogP contribution in [0.25, 0.3) is 16.9 Å². The third-order valence-electron chi connectivity index (χ3n) is 4.87. The molecule has 1 amide bonds. The van der Waals surface area contributed by atoms with Crippen molar-refractivity contribution in [3.8, 4) is 17.0 Å². The van der Waals surface area contributed by atoms with Gasteiger partial charge in [-0.05, 0) is 36.4 Å². The Morgan fingerprint density at radius 2 is 1.56 bits per heavy atom. The van der Waals surface area contributed by atoms with Gasteiger partial charge in [-0.1, -0.05) is 12.1 Å². The van der Waals surface area contributed by atoms with Crippen molar-refractivity contribution in [1.82, 2.24) is 14.4 Å². The van der Waals surface area contributed by atoms with Crippen LogP contribution in [0.15, 0.2) is 67.1 Å². The molecule has 0 bridgehead atoms. The molecule has 0 spiro atoms. The van der Waals surface area contributed by atoms with Crippen molar-refractivity contribution in [3.05, 3.63) is 78.2 Å². The van der Waals surface area contributed by atoms with Crippen molar-refractivity contribution in [2.45, 2.75) is 12.5 Å². The lowest BCUT2D eigenvalue weighted by Gasteiger charge is -2.17. The molecule has 4 aromatic rings. The van der Waals surface area contributed by atoms with E-state index in [1.54, 1.807) is 4.40 Å². The molecular formula is C22H14F6N4O2. The van der Waals surface area contributed by atoms with E-state index in [-0.39, 0.29) is 11.4 Å². The zero-order chi connectivity index (χ0) is 24.7. The number of alkyl halides is 6. The maximum atomic E-state index is 12.8. The summed E-state index contributed by atoms with van der Waals surface area (Å²) >= 11 is 0. The smallest absolute Gasteiger partial charge is 0.406 e. The normalized spacial score (nSPS) is 12.1. The number of halogens is 6. The van der Waals surface area contributed by atoms with Crippen LogP contribution in [0.5, 0.6) is 5.75 Å². The van der Waals surface area contributed by atoms with Crippen LogP contribution in [0.3, 0.4) is 0 Å². The zero-order valence-corrected chi connectivity index (χ0v) is 17.2. The highest BCUT2D eigenvalue weighted by molar-refractivity contribution is 6.05. The lowest BCUT2D eigenvalue weighted by atomic mass is 10.1. The van der Waals surface area contributed by atoms with Crippen molar-refractivity contribution in [2.24, 2.45) is 0 Å². The zero-order valence-electron chi connectivity index (χ0n) is 17.2. The van der Waals surface area contributed by atoms with Crippen LogP contribution in [0.2, 0.25) is 0 Å². The fraction of sp³-hybridized carbons (Fsp3) is 0.136. The Kier molecular flexibility index (Phi) is 5.67. The number of ether oxygens (including phenoxy) is 1. The summed E-state index contributed by atoms with van der Waals surface area (Å²) in [6.07, 6.45) is -4.99. The highest BCUT2D eigenvalue weighted by atomic mass is 19.4. The van der Waals surface area contributed by atoms with Gasteiger partial charge in [-0.15, -0.1) is 13.2 Å². The third kappa shape index (κ3) is 4.80. The molecule has 0 unspecified atom stereocenters. The summed E-state index contributed by atoms with van der Waals surface area (Å²) in [5.74, 6) is -0.841. The van der Waals surface area contributed by atoms with Gasteiger partial charge in [0.15, 0.2) is 11.5 Å². The molecule has 2 heterocycles. The first-order chi connectivity index (χ1) is 15.9. The van der Waals surface area contributed by atoms with E-state index < -0.39 is 29.8 Å². The topological polar surface area (TPSA) is 59.7 Å². The van der Waals surface area contributed by atoms with E-state index in [2.05, 4.69) is 14.7 Å². The fourth-order valence-electron chi connectivity index (χ4n) is 3.19. The van der Waals surface area contributed by atoms with Gasteiger partial charge >= 0.3 is 12.5 Å². The molecular weight excluding hydrogens is 466 g/mol. The number of rotatable bonds is 4. The fourth-order valence-corrected chi connectivity index (χ4v) is 3.19. The number of imidazole rings is 1. The molecule has 176 valence electrons. The van der Waals surface area contributed by atoms with Crippen LogP contribution in [0.1, 0.15) is 15.9 Å². The van der Waals surface area contributed by atoms with E-state index in [1.165, 1.54) is 54.8 Å². The Balaban J connectivity index is 1.60. The first kappa shape index (κ1) is 23.1. The number of carbonyl (C=O) groups is 1. The average Bonchev–Trinajstić information content (AvgIpc) is 3.20. The van der Waals surface area contributed by atoms with Crippen LogP contribution < -0.4 is 9.64 Å². The number of benzene rings is 2. The molecule has 12 heteroatoms. The predicted molar refractivity (Wildman–Crippen MR) is 109 cm³/mol. The summed E-state index contributed by atoms with van der Waals surface area (Å²) in [6.45, 7) is 0. The van der Waals surface area contributed by atoms with Gasteiger partial charge in [0.1, 0.15) is 5.75 Å². The molecule has 0 atom stereocenters. The molecule has 2 aromatic heterocycles. The molecule has 0 N–H and O–H groups in total. The summed E-state index contributed by atoms with van der Waals surface area (Å²) in [7, 11) is 1.42. The molecule has 0 fully saturated rings. The highest BCUT2D eigenvalue weighted by Crippen LogP contribution is 2.31. The Morgan fingerprint density at radius 3 is 2.15 bits per heavy atom. The van der Waals surface area contributed by atoms with Crippen LogP contribution in [-0.4, -0.2) is 33.7 Å². The van der Waals surface area contributed by atoms with Crippen LogP contribution in [-0.2, 0) is 6.18 Å². The van der Waals surface area contributed by atoms with Crippen molar-refractivity contribution >= 4 is 17.4 Å². The van der Waals surface area contributed by atoms with E-state index >= 15 is 0 Å². The number of fused-ring (bicyclic) bond motifs is 1. The van der Waals surface area contributed by atoms with Crippen molar-refractivity contribution < 1.29 is 35.9 Å².